The van der Waals surface area contributed by atoms with E-state index in [0.29, 0.717) is 0 Å². The number of fused-ring (bicyclic) bond motifs is 3. The van der Waals surface area contributed by atoms with Gasteiger partial charge in [0.25, 0.3) is 0 Å². The molecule has 1 aromatic heterocycles. The van der Waals surface area contributed by atoms with Gasteiger partial charge in [-0.15, -0.1) is 0 Å². The second-order valence-corrected chi connectivity index (χ2v) is 5.45. The number of furan rings is 1. The molecule has 3 aromatic rings. The fraction of sp³-hybridized carbons (Fsp3) is 0.222. The number of benzene rings is 2. The van der Waals surface area contributed by atoms with Crippen LogP contribution in [0.3, 0.4) is 0 Å². The third kappa shape index (κ3) is 1.67. The van der Waals surface area contributed by atoms with Crippen LogP contribution in [0, 0.1) is 6.92 Å². The SMILES string of the molecule is [2H]C([2H])([2H])N1C=CN(c2c(C)ccc3c2oc2ccccc23)C1C. The second-order valence-electron chi connectivity index (χ2n) is 5.45. The van der Waals surface area contributed by atoms with Crippen LogP contribution in [0.15, 0.2) is 53.2 Å². The molecule has 3 nitrogen and oxygen atoms in total. The molecule has 2 aromatic carbocycles. The molecule has 0 bridgehead atoms. The van der Waals surface area contributed by atoms with Crippen LogP contribution in [0.2, 0.25) is 0 Å². The summed E-state index contributed by atoms with van der Waals surface area (Å²) in [4.78, 5) is 3.35. The Kier molecular flexibility index (Phi) is 1.94. The standard InChI is InChI=1S/C18H18N2O/c1-12-8-9-15-14-6-4-5-7-16(14)21-18(15)17(12)20-11-10-19(3)13(20)2/h4-11,13H,1-3H3/i3D3. The molecule has 21 heavy (non-hydrogen) atoms. The van der Waals surface area contributed by atoms with Crippen LogP contribution in [0.1, 0.15) is 16.6 Å². The summed E-state index contributed by atoms with van der Waals surface area (Å²) >= 11 is 0. The molecule has 1 aliphatic heterocycles. The molecule has 106 valence electrons. The quantitative estimate of drug-likeness (QED) is 0.656. The van der Waals surface area contributed by atoms with E-state index < -0.39 is 6.98 Å². The summed E-state index contributed by atoms with van der Waals surface area (Å²) in [7, 11) is 0. The molecule has 0 N–H and O–H groups in total. The van der Waals surface area contributed by atoms with Crippen LogP contribution in [0.25, 0.3) is 21.9 Å². The average molecular weight is 281 g/mol. The van der Waals surface area contributed by atoms with E-state index in [1.165, 1.54) is 4.90 Å². The first kappa shape index (κ1) is 9.50. The summed E-state index contributed by atoms with van der Waals surface area (Å²) < 4.78 is 29.1. The molecule has 2 heterocycles. The van der Waals surface area contributed by atoms with E-state index in [-0.39, 0.29) is 6.17 Å². The molecule has 0 amide bonds. The molecule has 4 rings (SSSR count). The Bertz CT molecular complexity index is 958. The Morgan fingerprint density at radius 1 is 1.10 bits per heavy atom. The van der Waals surface area contributed by atoms with Gasteiger partial charge in [0.05, 0.1) is 5.69 Å². The lowest BCUT2D eigenvalue weighted by Crippen LogP contribution is -2.33. The highest BCUT2D eigenvalue weighted by molar-refractivity contribution is 6.09. The van der Waals surface area contributed by atoms with Crippen LogP contribution in [0.5, 0.6) is 0 Å². The Labute approximate surface area is 128 Å². The molecule has 1 aliphatic rings. The highest BCUT2D eigenvalue weighted by atomic mass is 16.3. The first-order valence-corrected chi connectivity index (χ1v) is 7.04. The smallest absolute Gasteiger partial charge is 0.159 e. The first-order chi connectivity index (χ1) is 11.4. The number of hydrogen-bond acceptors (Lipinski definition) is 3. The molecule has 0 aliphatic carbocycles. The lowest BCUT2D eigenvalue weighted by Gasteiger charge is -2.28. The Hall–Kier alpha value is -2.42. The van der Waals surface area contributed by atoms with Crippen molar-refractivity contribution in [3.63, 3.8) is 0 Å². The van der Waals surface area contributed by atoms with E-state index in [1.807, 2.05) is 49.2 Å². The number of anilines is 1. The van der Waals surface area contributed by atoms with Crippen molar-refractivity contribution >= 4 is 27.6 Å². The zero-order valence-corrected chi connectivity index (χ0v) is 12.0. The molecule has 3 heteroatoms. The van der Waals surface area contributed by atoms with Gasteiger partial charge in [0.2, 0.25) is 0 Å². The van der Waals surface area contributed by atoms with Crippen molar-refractivity contribution in [1.82, 2.24) is 4.90 Å². The molecular formula is C18H18N2O. The van der Waals surface area contributed by atoms with Gasteiger partial charge in [-0.2, -0.15) is 0 Å². The lowest BCUT2D eigenvalue weighted by atomic mass is 10.1. The van der Waals surface area contributed by atoms with Crippen molar-refractivity contribution in [1.29, 1.82) is 0 Å². The molecule has 0 saturated heterocycles. The van der Waals surface area contributed by atoms with E-state index in [9.17, 15) is 0 Å². The van der Waals surface area contributed by atoms with E-state index in [2.05, 4.69) is 12.1 Å². The van der Waals surface area contributed by atoms with Gasteiger partial charge >= 0.3 is 0 Å². The summed E-state index contributed by atoms with van der Waals surface area (Å²) in [5.41, 5.74) is 3.59. The highest BCUT2D eigenvalue weighted by Crippen LogP contribution is 2.39. The minimum Gasteiger partial charge on any atom is -0.454 e. The molecule has 0 saturated carbocycles. The van der Waals surface area contributed by atoms with Gasteiger partial charge in [0.15, 0.2) is 5.58 Å². The van der Waals surface area contributed by atoms with Gasteiger partial charge in [-0.25, -0.2) is 0 Å². The van der Waals surface area contributed by atoms with Crippen molar-refractivity contribution in [2.75, 3.05) is 11.9 Å². The molecular weight excluding hydrogens is 260 g/mol. The fourth-order valence-electron chi connectivity index (χ4n) is 2.98. The van der Waals surface area contributed by atoms with E-state index >= 15 is 0 Å². The lowest BCUT2D eigenvalue weighted by molar-refractivity contribution is 0.383. The van der Waals surface area contributed by atoms with E-state index in [1.54, 1.807) is 6.20 Å². The Balaban J connectivity index is 1.91. The predicted molar refractivity (Wildman–Crippen MR) is 87.3 cm³/mol. The Morgan fingerprint density at radius 2 is 1.95 bits per heavy atom. The van der Waals surface area contributed by atoms with Crippen LogP contribution in [-0.2, 0) is 0 Å². The zero-order valence-electron chi connectivity index (χ0n) is 15.0. The van der Waals surface area contributed by atoms with Crippen molar-refractivity contribution in [3.8, 4) is 0 Å². The predicted octanol–water partition coefficient (Wildman–Crippen LogP) is 4.46. The number of nitrogens with zero attached hydrogens (tertiary/aromatic N) is 2. The number of hydrogen-bond donors (Lipinski definition) is 0. The van der Waals surface area contributed by atoms with Crippen molar-refractivity contribution in [2.24, 2.45) is 0 Å². The van der Waals surface area contributed by atoms with Crippen LogP contribution < -0.4 is 4.90 Å². The van der Waals surface area contributed by atoms with Crippen molar-refractivity contribution < 1.29 is 8.53 Å². The van der Waals surface area contributed by atoms with E-state index in [0.717, 1.165) is 33.2 Å². The van der Waals surface area contributed by atoms with Gasteiger partial charge in [0.1, 0.15) is 11.7 Å². The summed E-state index contributed by atoms with van der Waals surface area (Å²) in [6.45, 7) is 1.73. The van der Waals surface area contributed by atoms with Gasteiger partial charge in [-0.3, -0.25) is 0 Å². The monoisotopic (exact) mass is 281 g/mol. The maximum absolute atomic E-state index is 7.67. The topological polar surface area (TPSA) is 19.6 Å². The van der Waals surface area contributed by atoms with Gasteiger partial charge < -0.3 is 14.2 Å². The largest absolute Gasteiger partial charge is 0.454 e. The summed E-state index contributed by atoms with van der Waals surface area (Å²) in [6, 6.07) is 12.0. The fourth-order valence-corrected chi connectivity index (χ4v) is 2.98. The third-order valence-corrected chi connectivity index (χ3v) is 4.17. The maximum atomic E-state index is 7.67. The number of para-hydroxylation sites is 1. The summed E-state index contributed by atoms with van der Waals surface area (Å²) in [5.74, 6) is 0. The summed E-state index contributed by atoms with van der Waals surface area (Å²) in [6.07, 6.45) is 3.12. The zero-order chi connectivity index (χ0) is 17.1. The van der Waals surface area contributed by atoms with Crippen molar-refractivity contribution in [2.45, 2.75) is 20.0 Å². The van der Waals surface area contributed by atoms with Crippen LogP contribution in [0.4, 0.5) is 5.69 Å². The normalized spacial score (nSPS) is 21.0. The molecule has 0 fully saturated rings. The van der Waals surface area contributed by atoms with E-state index in [4.69, 9.17) is 8.53 Å². The molecule has 1 unspecified atom stereocenters. The number of aryl methyl sites for hydroxylation is 1. The highest BCUT2D eigenvalue weighted by Gasteiger charge is 2.25. The molecule has 0 radical (unpaired) electrons. The molecule has 1 atom stereocenters. The third-order valence-electron chi connectivity index (χ3n) is 4.17. The summed E-state index contributed by atoms with van der Waals surface area (Å²) in [5, 5.41) is 2.11. The molecule has 0 spiro atoms. The van der Waals surface area contributed by atoms with Crippen molar-refractivity contribution in [3.05, 3.63) is 54.4 Å². The van der Waals surface area contributed by atoms with Crippen LogP contribution in [-0.4, -0.2) is 18.0 Å². The second kappa shape index (κ2) is 4.29. The van der Waals surface area contributed by atoms with Crippen LogP contribution >= 0.6 is 0 Å². The average Bonchev–Trinajstić information content (AvgIpc) is 3.07. The minimum absolute atomic E-state index is 0.310. The number of rotatable bonds is 1. The van der Waals surface area contributed by atoms with Gasteiger partial charge in [0, 0.05) is 34.3 Å². The minimum atomic E-state index is -2.17. The Morgan fingerprint density at radius 3 is 2.76 bits per heavy atom. The maximum Gasteiger partial charge on any atom is 0.159 e. The van der Waals surface area contributed by atoms with Gasteiger partial charge in [-0.05, 0) is 25.5 Å². The first-order valence-electron chi connectivity index (χ1n) is 8.54. The van der Waals surface area contributed by atoms with Gasteiger partial charge in [-0.1, -0.05) is 30.3 Å².